The van der Waals surface area contributed by atoms with Crippen molar-refractivity contribution in [3.05, 3.63) is 36.3 Å². The van der Waals surface area contributed by atoms with Gasteiger partial charge < -0.3 is 23.9 Å². The van der Waals surface area contributed by atoms with Crippen molar-refractivity contribution in [1.29, 1.82) is 0 Å². The molecule has 10 heteroatoms. The van der Waals surface area contributed by atoms with Gasteiger partial charge in [-0.2, -0.15) is 0 Å². The first kappa shape index (κ1) is 20.4. The van der Waals surface area contributed by atoms with E-state index in [1.807, 2.05) is 0 Å². The summed E-state index contributed by atoms with van der Waals surface area (Å²) in [4.78, 5) is 11.9. The number of furan rings is 1. The number of hydrogen-bond acceptors (Lipinski definition) is 7. The third kappa shape index (κ3) is 4.85. The van der Waals surface area contributed by atoms with E-state index in [0.717, 1.165) is 10.6 Å². The summed E-state index contributed by atoms with van der Waals surface area (Å²) >= 11 is 0. The number of nitrogens with zero attached hydrogens (tertiary/aromatic N) is 1. The minimum Gasteiger partial charge on any atom is -0.493 e. The van der Waals surface area contributed by atoms with E-state index in [0.29, 0.717) is 22.9 Å². The molecular formula is C17H22N2O7S. The molecule has 0 unspecified atom stereocenters. The van der Waals surface area contributed by atoms with Crippen molar-refractivity contribution in [3.63, 3.8) is 0 Å². The number of amides is 1. The van der Waals surface area contributed by atoms with E-state index in [4.69, 9.17) is 18.6 Å². The first-order valence-corrected chi connectivity index (χ1v) is 9.76. The number of ether oxygens (including phenoxy) is 3. The van der Waals surface area contributed by atoms with Crippen molar-refractivity contribution in [2.75, 3.05) is 45.0 Å². The van der Waals surface area contributed by atoms with Crippen LogP contribution in [-0.4, -0.2) is 55.0 Å². The molecule has 0 saturated heterocycles. The predicted molar refractivity (Wildman–Crippen MR) is 99.3 cm³/mol. The van der Waals surface area contributed by atoms with E-state index in [1.165, 1.54) is 45.8 Å². The molecular weight excluding hydrogens is 376 g/mol. The zero-order chi connectivity index (χ0) is 20.0. The highest BCUT2D eigenvalue weighted by atomic mass is 32.2. The summed E-state index contributed by atoms with van der Waals surface area (Å²) < 4.78 is 46.5. The van der Waals surface area contributed by atoms with E-state index in [2.05, 4.69) is 5.32 Å². The third-order valence-electron chi connectivity index (χ3n) is 3.68. The van der Waals surface area contributed by atoms with Crippen LogP contribution in [0.15, 0.2) is 34.9 Å². The highest BCUT2D eigenvalue weighted by Gasteiger charge is 2.22. The molecule has 0 radical (unpaired) electrons. The number of anilines is 1. The highest BCUT2D eigenvalue weighted by molar-refractivity contribution is 7.92. The molecule has 1 aromatic heterocycles. The zero-order valence-corrected chi connectivity index (χ0v) is 16.3. The molecule has 1 N–H and O–H groups in total. The fourth-order valence-electron chi connectivity index (χ4n) is 2.46. The van der Waals surface area contributed by atoms with E-state index in [9.17, 15) is 13.2 Å². The van der Waals surface area contributed by atoms with Crippen LogP contribution in [0.2, 0.25) is 0 Å². The number of methoxy groups -OCH3 is 3. The van der Waals surface area contributed by atoms with Gasteiger partial charge in [0.1, 0.15) is 0 Å². The quantitative estimate of drug-likeness (QED) is 0.682. The average molecular weight is 398 g/mol. The molecule has 1 amide bonds. The molecule has 0 atom stereocenters. The van der Waals surface area contributed by atoms with Gasteiger partial charge in [-0.05, 0) is 12.1 Å². The van der Waals surface area contributed by atoms with Gasteiger partial charge in [-0.1, -0.05) is 0 Å². The Morgan fingerprint density at radius 2 is 1.78 bits per heavy atom. The molecule has 1 aromatic carbocycles. The topological polar surface area (TPSA) is 107 Å². The van der Waals surface area contributed by atoms with Crippen molar-refractivity contribution >= 4 is 21.6 Å². The Bertz CT molecular complexity index is 854. The van der Waals surface area contributed by atoms with Crippen LogP contribution in [0.4, 0.5) is 5.69 Å². The number of carbonyl (C=O) groups excluding carboxylic acids is 1. The van der Waals surface area contributed by atoms with Gasteiger partial charge in [0.05, 0.1) is 46.1 Å². The fraction of sp³-hybridized carbons (Fsp3) is 0.353. The number of nitrogens with one attached hydrogen (secondary N) is 1. The second kappa shape index (κ2) is 8.67. The SMILES string of the molecule is COc1cc(N(CCNC(=O)c2ccco2)S(C)(=O)=O)cc(OC)c1OC. The fourth-order valence-corrected chi connectivity index (χ4v) is 3.37. The minimum atomic E-state index is -3.63. The summed E-state index contributed by atoms with van der Waals surface area (Å²) in [6, 6.07) is 6.16. The molecule has 0 aliphatic carbocycles. The van der Waals surface area contributed by atoms with Crippen LogP contribution in [-0.2, 0) is 10.0 Å². The van der Waals surface area contributed by atoms with Crippen LogP contribution < -0.4 is 23.8 Å². The summed E-state index contributed by atoms with van der Waals surface area (Å²) in [5, 5.41) is 2.61. The largest absolute Gasteiger partial charge is 0.493 e. The summed E-state index contributed by atoms with van der Waals surface area (Å²) in [7, 11) is 0.704. The lowest BCUT2D eigenvalue weighted by Crippen LogP contribution is -2.38. The molecule has 0 saturated carbocycles. The summed E-state index contributed by atoms with van der Waals surface area (Å²) in [5.41, 5.74) is 0.319. The van der Waals surface area contributed by atoms with Gasteiger partial charge in [0.25, 0.3) is 5.91 Å². The third-order valence-corrected chi connectivity index (χ3v) is 4.88. The second-order valence-electron chi connectivity index (χ2n) is 5.45. The molecule has 9 nitrogen and oxygen atoms in total. The first-order valence-electron chi connectivity index (χ1n) is 7.91. The molecule has 0 bridgehead atoms. The molecule has 27 heavy (non-hydrogen) atoms. The Morgan fingerprint density at radius 1 is 1.15 bits per heavy atom. The molecule has 1 heterocycles. The lowest BCUT2D eigenvalue weighted by Gasteiger charge is -2.24. The van der Waals surface area contributed by atoms with Crippen molar-refractivity contribution in [2.24, 2.45) is 0 Å². The molecule has 2 aromatic rings. The first-order chi connectivity index (χ1) is 12.8. The molecule has 148 valence electrons. The monoisotopic (exact) mass is 398 g/mol. The second-order valence-corrected chi connectivity index (χ2v) is 7.36. The van der Waals surface area contributed by atoms with Crippen LogP contribution in [0, 0.1) is 0 Å². The van der Waals surface area contributed by atoms with Crippen molar-refractivity contribution in [2.45, 2.75) is 0 Å². The number of sulfonamides is 1. The molecule has 2 rings (SSSR count). The smallest absolute Gasteiger partial charge is 0.287 e. The highest BCUT2D eigenvalue weighted by Crippen LogP contribution is 2.41. The van der Waals surface area contributed by atoms with Crippen LogP contribution in [0.5, 0.6) is 17.2 Å². The normalized spacial score (nSPS) is 11.0. The molecule has 0 aliphatic heterocycles. The van der Waals surface area contributed by atoms with E-state index in [-0.39, 0.29) is 18.8 Å². The number of carbonyl (C=O) groups is 1. The molecule has 0 aliphatic rings. The van der Waals surface area contributed by atoms with Gasteiger partial charge in [-0.15, -0.1) is 0 Å². The lowest BCUT2D eigenvalue weighted by molar-refractivity contribution is 0.0927. The van der Waals surface area contributed by atoms with Crippen molar-refractivity contribution < 1.29 is 31.8 Å². The van der Waals surface area contributed by atoms with Crippen LogP contribution in [0.3, 0.4) is 0 Å². The van der Waals surface area contributed by atoms with Crippen LogP contribution in [0.1, 0.15) is 10.6 Å². The van der Waals surface area contributed by atoms with Gasteiger partial charge in [-0.3, -0.25) is 9.10 Å². The Balaban J connectivity index is 2.25. The number of hydrogen-bond donors (Lipinski definition) is 1. The van der Waals surface area contributed by atoms with Crippen molar-refractivity contribution in [3.8, 4) is 17.2 Å². The molecule has 0 fully saturated rings. The number of rotatable bonds is 9. The van der Waals surface area contributed by atoms with Crippen LogP contribution >= 0.6 is 0 Å². The maximum atomic E-state index is 12.3. The lowest BCUT2D eigenvalue weighted by atomic mass is 10.2. The van der Waals surface area contributed by atoms with Gasteiger partial charge >= 0.3 is 0 Å². The Labute approximate surface area is 157 Å². The predicted octanol–water partition coefficient (Wildman–Crippen LogP) is 1.50. The zero-order valence-electron chi connectivity index (χ0n) is 15.5. The van der Waals surface area contributed by atoms with Gasteiger partial charge in [0.15, 0.2) is 17.3 Å². The maximum Gasteiger partial charge on any atom is 0.287 e. The Morgan fingerprint density at radius 3 is 2.22 bits per heavy atom. The van der Waals surface area contributed by atoms with Crippen LogP contribution in [0.25, 0.3) is 0 Å². The minimum absolute atomic E-state index is 0.00389. The van der Waals surface area contributed by atoms with Gasteiger partial charge in [0, 0.05) is 18.7 Å². The maximum absolute atomic E-state index is 12.3. The van der Waals surface area contributed by atoms with E-state index < -0.39 is 15.9 Å². The van der Waals surface area contributed by atoms with E-state index >= 15 is 0 Å². The standard InChI is InChI=1S/C17H22N2O7S/c1-23-14-10-12(11-15(24-2)16(14)25-3)19(27(4,21)22)8-7-18-17(20)13-6-5-9-26-13/h5-6,9-11H,7-8H2,1-4H3,(H,18,20). The van der Waals surface area contributed by atoms with Gasteiger partial charge in [0.2, 0.25) is 15.8 Å². The summed E-state index contributed by atoms with van der Waals surface area (Å²) in [6.07, 6.45) is 2.46. The van der Waals surface area contributed by atoms with Gasteiger partial charge in [-0.25, -0.2) is 8.42 Å². The number of benzene rings is 1. The van der Waals surface area contributed by atoms with Crippen molar-refractivity contribution in [1.82, 2.24) is 5.32 Å². The van der Waals surface area contributed by atoms with E-state index in [1.54, 1.807) is 6.07 Å². The Kier molecular flexibility index (Phi) is 6.56. The summed E-state index contributed by atoms with van der Waals surface area (Å²) in [5.74, 6) is 0.704. The Hall–Kier alpha value is -2.88. The summed E-state index contributed by atoms with van der Waals surface area (Å²) in [6.45, 7) is 0.0766. The average Bonchev–Trinajstić information content (AvgIpc) is 3.17. The molecule has 0 spiro atoms.